The summed E-state index contributed by atoms with van der Waals surface area (Å²) in [6, 6.07) is 9.84. The minimum atomic E-state index is -1.15. The van der Waals surface area contributed by atoms with Crippen molar-refractivity contribution in [1.82, 2.24) is 5.32 Å². The molecule has 0 spiro atoms. The molecule has 1 unspecified atom stereocenters. The SMILES string of the molecule is N#CC(NCc1ccccc1)C(=O)O. The second kappa shape index (κ2) is 5.00. The molecule has 1 atom stereocenters. The molecule has 0 aliphatic rings. The molecule has 0 fully saturated rings. The van der Waals surface area contributed by atoms with Crippen LogP contribution in [0.5, 0.6) is 0 Å². The van der Waals surface area contributed by atoms with Crippen LogP contribution in [-0.2, 0) is 11.3 Å². The number of nitrogens with zero attached hydrogens (tertiary/aromatic N) is 1. The van der Waals surface area contributed by atoms with Gasteiger partial charge in [0.15, 0.2) is 6.04 Å². The van der Waals surface area contributed by atoms with E-state index in [-0.39, 0.29) is 0 Å². The Morgan fingerprint density at radius 2 is 2.14 bits per heavy atom. The largest absolute Gasteiger partial charge is 0.479 e. The van der Waals surface area contributed by atoms with Crippen LogP contribution in [0.15, 0.2) is 30.3 Å². The van der Waals surface area contributed by atoms with E-state index in [4.69, 9.17) is 10.4 Å². The third-order valence-electron chi connectivity index (χ3n) is 1.73. The highest BCUT2D eigenvalue weighted by Gasteiger charge is 2.14. The van der Waals surface area contributed by atoms with E-state index < -0.39 is 12.0 Å². The first kappa shape index (κ1) is 10.2. The quantitative estimate of drug-likeness (QED) is 0.734. The van der Waals surface area contributed by atoms with E-state index in [1.807, 2.05) is 30.3 Å². The van der Waals surface area contributed by atoms with Crippen LogP contribution in [-0.4, -0.2) is 17.1 Å². The van der Waals surface area contributed by atoms with Crippen molar-refractivity contribution in [2.45, 2.75) is 12.6 Å². The molecule has 0 aromatic heterocycles. The zero-order chi connectivity index (χ0) is 10.4. The number of benzene rings is 1. The lowest BCUT2D eigenvalue weighted by Crippen LogP contribution is -2.34. The van der Waals surface area contributed by atoms with Gasteiger partial charge in [0, 0.05) is 6.54 Å². The van der Waals surface area contributed by atoms with Crippen LogP contribution in [0.4, 0.5) is 0 Å². The maximum absolute atomic E-state index is 10.5. The fourth-order valence-electron chi connectivity index (χ4n) is 1.00. The van der Waals surface area contributed by atoms with Crippen molar-refractivity contribution in [3.63, 3.8) is 0 Å². The van der Waals surface area contributed by atoms with E-state index in [2.05, 4.69) is 5.32 Å². The Balaban J connectivity index is 2.49. The molecule has 14 heavy (non-hydrogen) atoms. The van der Waals surface area contributed by atoms with Gasteiger partial charge in [0.1, 0.15) is 0 Å². The summed E-state index contributed by atoms with van der Waals surface area (Å²) in [5.74, 6) is -1.15. The molecule has 0 radical (unpaired) electrons. The predicted molar refractivity (Wildman–Crippen MR) is 50.3 cm³/mol. The van der Waals surface area contributed by atoms with Gasteiger partial charge in [-0.2, -0.15) is 5.26 Å². The fourth-order valence-corrected chi connectivity index (χ4v) is 1.00. The standard InChI is InChI=1S/C10H10N2O2/c11-6-9(10(13)14)12-7-8-4-2-1-3-5-8/h1-5,9,12H,7H2,(H,13,14). The Labute approximate surface area is 81.8 Å². The highest BCUT2D eigenvalue weighted by atomic mass is 16.4. The summed E-state index contributed by atoms with van der Waals surface area (Å²) < 4.78 is 0. The molecule has 1 aromatic rings. The molecular weight excluding hydrogens is 180 g/mol. The van der Waals surface area contributed by atoms with Crippen molar-refractivity contribution >= 4 is 5.97 Å². The van der Waals surface area contributed by atoms with E-state index in [1.54, 1.807) is 6.07 Å². The molecule has 0 amide bonds. The number of carboxylic acids is 1. The number of hydrogen-bond donors (Lipinski definition) is 2. The molecule has 1 rings (SSSR count). The van der Waals surface area contributed by atoms with Crippen LogP contribution in [0.1, 0.15) is 5.56 Å². The average molecular weight is 190 g/mol. The zero-order valence-corrected chi connectivity index (χ0v) is 7.47. The lowest BCUT2D eigenvalue weighted by atomic mass is 10.2. The summed E-state index contributed by atoms with van der Waals surface area (Å²) in [6.07, 6.45) is 0. The first-order valence-corrected chi connectivity index (χ1v) is 4.14. The zero-order valence-electron chi connectivity index (χ0n) is 7.47. The summed E-state index contributed by atoms with van der Waals surface area (Å²) in [5, 5.41) is 19.7. The van der Waals surface area contributed by atoms with Crippen molar-refractivity contribution in [2.24, 2.45) is 0 Å². The van der Waals surface area contributed by atoms with Gasteiger partial charge < -0.3 is 5.11 Å². The van der Waals surface area contributed by atoms with Gasteiger partial charge in [0.05, 0.1) is 6.07 Å². The van der Waals surface area contributed by atoms with Crippen molar-refractivity contribution in [1.29, 1.82) is 5.26 Å². The second-order valence-electron chi connectivity index (χ2n) is 2.77. The Hall–Kier alpha value is -1.86. The van der Waals surface area contributed by atoms with Gasteiger partial charge >= 0.3 is 5.97 Å². The summed E-state index contributed by atoms with van der Waals surface area (Å²) in [5.41, 5.74) is 0.953. The third-order valence-corrected chi connectivity index (χ3v) is 1.73. The number of nitrogens with one attached hydrogen (secondary N) is 1. The van der Waals surface area contributed by atoms with Gasteiger partial charge in [-0.15, -0.1) is 0 Å². The number of nitriles is 1. The predicted octanol–water partition coefficient (Wildman–Crippen LogP) is 0.753. The van der Waals surface area contributed by atoms with Crippen molar-refractivity contribution < 1.29 is 9.90 Å². The Bertz CT molecular complexity index is 343. The molecule has 4 nitrogen and oxygen atoms in total. The van der Waals surface area contributed by atoms with E-state index in [1.165, 1.54) is 0 Å². The van der Waals surface area contributed by atoms with E-state index in [9.17, 15) is 4.79 Å². The third kappa shape index (κ3) is 2.88. The molecule has 0 saturated heterocycles. The van der Waals surface area contributed by atoms with E-state index in [0.717, 1.165) is 5.56 Å². The van der Waals surface area contributed by atoms with Crippen molar-refractivity contribution in [3.05, 3.63) is 35.9 Å². The monoisotopic (exact) mass is 190 g/mol. The topological polar surface area (TPSA) is 73.1 Å². The highest BCUT2D eigenvalue weighted by Crippen LogP contribution is 1.97. The van der Waals surface area contributed by atoms with Crippen LogP contribution in [0.25, 0.3) is 0 Å². The van der Waals surface area contributed by atoms with Crippen LogP contribution >= 0.6 is 0 Å². The molecule has 2 N–H and O–H groups in total. The van der Waals surface area contributed by atoms with E-state index in [0.29, 0.717) is 6.54 Å². The minimum absolute atomic E-state index is 0.380. The summed E-state index contributed by atoms with van der Waals surface area (Å²) in [7, 11) is 0. The van der Waals surface area contributed by atoms with Gasteiger partial charge in [0.2, 0.25) is 0 Å². The maximum atomic E-state index is 10.5. The molecule has 0 aliphatic carbocycles. The molecule has 0 saturated carbocycles. The number of carbonyl (C=O) groups is 1. The second-order valence-corrected chi connectivity index (χ2v) is 2.77. The number of carboxylic acid groups (broad SMARTS) is 1. The Morgan fingerprint density at radius 1 is 1.50 bits per heavy atom. The van der Waals surface area contributed by atoms with Gasteiger partial charge in [-0.3, -0.25) is 5.32 Å². The summed E-state index contributed by atoms with van der Waals surface area (Å²) >= 11 is 0. The summed E-state index contributed by atoms with van der Waals surface area (Å²) in [4.78, 5) is 10.5. The van der Waals surface area contributed by atoms with Crippen LogP contribution in [0.3, 0.4) is 0 Å². The molecule has 0 bridgehead atoms. The first-order chi connectivity index (χ1) is 6.74. The Kier molecular flexibility index (Phi) is 3.65. The fraction of sp³-hybridized carbons (Fsp3) is 0.200. The molecule has 0 aliphatic heterocycles. The lowest BCUT2D eigenvalue weighted by Gasteiger charge is -2.06. The normalized spacial score (nSPS) is 11.6. The smallest absolute Gasteiger partial charge is 0.335 e. The van der Waals surface area contributed by atoms with Crippen LogP contribution in [0, 0.1) is 11.3 Å². The maximum Gasteiger partial charge on any atom is 0.335 e. The van der Waals surface area contributed by atoms with Gasteiger partial charge in [0.25, 0.3) is 0 Å². The average Bonchev–Trinajstić information content (AvgIpc) is 2.20. The van der Waals surface area contributed by atoms with Gasteiger partial charge in [-0.1, -0.05) is 30.3 Å². The number of hydrogen-bond acceptors (Lipinski definition) is 3. The molecule has 4 heteroatoms. The number of aliphatic carboxylic acids is 1. The van der Waals surface area contributed by atoms with Crippen LogP contribution in [0.2, 0.25) is 0 Å². The van der Waals surface area contributed by atoms with Crippen molar-refractivity contribution in [2.75, 3.05) is 0 Å². The number of rotatable bonds is 4. The van der Waals surface area contributed by atoms with Crippen LogP contribution < -0.4 is 5.32 Å². The van der Waals surface area contributed by atoms with Gasteiger partial charge in [-0.25, -0.2) is 4.79 Å². The van der Waals surface area contributed by atoms with Crippen molar-refractivity contribution in [3.8, 4) is 6.07 Å². The highest BCUT2D eigenvalue weighted by molar-refractivity contribution is 5.76. The lowest BCUT2D eigenvalue weighted by molar-refractivity contribution is -0.137. The molecule has 0 heterocycles. The molecule has 72 valence electrons. The molecule has 1 aromatic carbocycles. The Morgan fingerprint density at radius 3 is 2.64 bits per heavy atom. The summed E-state index contributed by atoms with van der Waals surface area (Å²) in [6.45, 7) is 0.380. The van der Waals surface area contributed by atoms with Gasteiger partial charge in [-0.05, 0) is 5.56 Å². The van der Waals surface area contributed by atoms with E-state index >= 15 is 0 Å². The first-order valence-electron chi connectivity index (χ1n) is 4.14. The minimum Gasteiger partial charge on any atom is -0.479 e. The molecular formula is C10H10N2O2.